The summed E-state index contributed by atoms with van der Waals surface area (Å²) in [5.74, 6) is -0.231. The molecule has 0 spiro atoms. The molecule has 0 saturated heterocycles. The summed E-state index contributed by atoms with van der Waals surface area (Å²) in [6, 6.07) is 3.28. The van der Waals surface area contributed by atoms with Crippen molar-refractivity contribution in [1.29, 1.82) is 0 Å². The van der Waals surface area contributed by atoms with Crippen molar-refractivity contribution in [2.24, 2.45) is 0 Å². The van der Waals surface area contributed by atoms with E-state index < -0.39 is 0 Å². The zero-order valence-electron chi connectivity index (χ0n) is 9.30. The van der Waals surface area contributed by atoms with E-state index in [2.05, 4.69) is 20.0 Å². The Labute approximate surface area is 97.8 Å². The van der Waals surface area contributed by atoms with E-state index >= 15 is 0 Å². The van der Waals surface area contributed by atoms with Crippen LogP contribution in [0.2, 0.25) is 0 Å². The van der Waals surface area contributed by atoms with Gasteiger partial charge in [0, 0.05) is 6.07 Å². The van der Waals surface area contributed by atoms with E-state index in [1.807, 2.05) is 0 Å². The first-order valence-corrected chi connectivity index (χ1v) is 5.06. The molecule has 0 saturated carbocycles. The lowest BCUT2D eigenvalue weighted by atomic mass is 10.2. The minimum Gasteiger partial charge on any atom is -0.397 e. The fourth-order valence-corrected chi connectivity index (χ4v) is 1.37. The quantitative estimate of drug-likeness (QED) is 0.819. The number of aromatic nitrogens is 2. The number of anilines is 1. The van der Waals surface area contributed by atoms with E-state index in [9.17, 15) is 4.79 Å². The minimum absolute atomic E-state index is 0.231. The lowest BCUT2D eigenvalue weighted by molar-refractivity contribution is 0.0949. The minimum atomic E-state index is -0.231. The first-order valence-electron chi connectivity index (χ1n) is 5.06. The van der Waals surface area contributed by atoms with Crippen molar-refractivity contribution in [3.63, 3.8) is 0 Å². The van der Waals surface area contributed by atoms with Gasteiger partial charge in [-0.3, -0.25) is 9.78 Å². The number of hydrogen-bond donors (Lipinski definition) is 2. The van der Waals surface area contributed by atoms with Crippen LogP contribution in [-0.2, 0) is 6.54 Å². The number of rotatable bonds is 3. The van der Waals surface area contributed by atoms with Crippen molar-refractivity contribution < 1.29 is 9.32 Å². The molecule has 6 nitrogen and oxygen atoms in total. The number of nitrogens with two attached hydrogens (primary N) is 1. The van der Waals surface area contributed by atoms with Crippen molar-refractivity contribution >= 4 is 11.6 Å². The third-order valence-corrected chi connectivity index (χ3v) is 2.27. The molecule has 6 heteroatoms. The smallest absolute Gasteiger partial charge is 0.253 e. The second kappa shape index (κ2) is 4.65. The van der Waals surface area contributed by atoms with E-state index in [0.29, 0.717) is 29.2 Å². The number of nitrogens with zero attached hydrogens (tertiary/aromatic N) is 2. The molecule has 2 rings (SSSR count). The molecule has 2 heterocycles. The third-order valence-electron chi connectivity index (χ3n) is 2.27. The van der Waals surface area contributed by atoms with Gasteiger partial charge in [0.25, 0.3) is 5.91 Å². The zero-order valence-corrected chi connectivity index (χ0v) is 9.30. The third kappa shape index (κ3) is 2.60. The molecular formula is C11H12N4O2. The summed E-state index contributed by atoms with van der Waals surface area (Å²) >= 11 is 0. The molecule has 0 aromatic carbocycles. The fourth-order valence-electron chi connectivity index (χ4n) is 1.37. The van der Waals surface area contributed by atoms with Gasteiger partial charge < -0.3 is 15.6 Å². The Balaban J connectivity index is 2.07. The van der Waals surface area contributed by atoms with Crippen LogP contribution in [-0.4, -0.2) is 16.0 Å². The van der Waals surface area contributed by atoms with Crippen LogP contribution < -0.4 is 11.1 Å². The Morgan fingerprint density at radius 3 is 3.12 bits per heavy atom. The van der Waals surface area contributed by atoms with Crippen LogP contribution in [0.4, 0.5) is 5.69 Å². The maximum atomic E-state index is 11.8. The van der Waals surface area contributed by atoms with E-state index in [1.54, 1.807) is 19.1 Å². The van der Waals surface area contributed by atoms with Crippen LogP contribution in [0.1, 0.15) is 21.7 Å². The van der Waals surface area contributed by atoms with Crippen molar-refractivity contribution in [2.75, 3.05) is 5.73 Å². The van der Waals surface area contributed by atoms with Crippen LogP contribution in [0.15, 0.2) is 29.1 Å². The summed E-state index contributed by atoms with van der Waals surface area (Å²) in [6.07, 6.45) is 2.97. The summed E-state index contributed by atoms with van der Waals surface area (Å²) < 4.78 is 4.66. The number of aryl methyl sites for hydroxylation is 1. The highest BCUT2D eigenvalue weighted by molar-refractivity contribution is 5.95. The molecule has 3 N–H and O–H groups in total. The molecule has 0 radical (unpaired) electrons. The van der Waals surface area contributed by atoms with Gasteiger partial charge >= 0.3 is 0 Å². The second-order valence-corrected chi connectivity index (χ2v) is 3.58. The Morgan fingerprint density at radius 2 is 2.41 bits per heavy atom. The number of nitrogens with one attached hydrogen (secondary N) is 1. The fraction of sp³-hybridized carbons (Fsp3) is 0.182. The molecule has 1 amide bonds. The number of pyridine rings is 1. The van der Waals surface area contributed by atoms with Crippen molar-refractivity contribution in [1.82, 2.24) is 15.5 Å². The van der Waals surface area contributed by atoms with E-state index in [4.69, 9.17) is 5.73 Å². The molecule has 17 heavy (non-hydrogen) atoms. The van der Waals surface area contributed by atoms with Gasteiger partial charge in [0.1, 0.15) is 12.0 Å². The van der Waals surface area contributed by atoms with Gasteiger partial charge in [-0.1, -0.05) is 5.16 Å². The van der Waals surface area contributed by atoms with Gasteiger partial charge in [-0.15, -0.1) is 0 Å². The van der Waals surface area contributed by atoms with Crippen molar-refractivity contribution in [3.05, 3.63) is 41.5 Å². The highest BCUT2D eigenvalue weighted by Crippen LogP contribution is 2.09. The van der Waals surface area contributed by atoms with Crippen LogP contribution in [0, 0.1) is 6.92 Å². The number of hydrogen-bond acceptors (Lipinski definition) is 5. The Morgan fingerprint density at radius 1 is 1.59 bits per heavy atom. The standard InChI is InChI=1S/C11H12N4O2/c1-7-10(4-8(12)5-13-7)11(16)14-6-9-2-3-17-15-9/h2-5H,6,12H2,1H3,(H,14,16). The average Bonchev–Trinajstić information content (AvgIpc) is 2.82. The van der Waals surface area contributed by atoms with Crippen molar-refractivity contribution in [2.45, 2.75) is 13.5 Å². The monoisotopic (exact) mass is 232 g/mol. The molecule has 0 bridgehead atoms. The lowest BCUT2D eigenvalue weighted by Gasteiger charge is -2.06. The Bertz CT molecular complexity index is 522. The van der Waals surface area contributed by atoms with Crippen LogP contribution in [0.3, 0.4) is 0 Å². The molecule has 2 aromatic heterocycles. The number of carbonyl (C=O) groups is 1. The van der Waals surface area contributed by atoms with Gasteiger partial charge in [-0.05, 0) is 13.0 Å². The van der Waals surface area contributed by atoms with E-state index in [1.165, 1.54) is 12.5 Å². The summed E-state index contributed by atoms with van der Waals surface area (Å²) in [5.41, 5.74) is 7.81. The Hall–Kier alpha value is -2.37. The molecule has 0 aliphatic heterocycles. The normalized spacial score (nSPS) is 10.2. The predicted molar refractivity (Wildman–Crippen MR) is 61.1 cm³/mol. The lowest BCUT2D eigenvalue weighted by Crippen LogP contribution is -2.24. The molecule has 0 atom stereocenters. The molecule has 0 unspecified atom stereocenters. The number of amides is 1. The van der Waals surface area contributed by atoms with Crippen molar-refractivity contribution in [3.8, 4) is 0 Å². The first-order chi connectivity index (χ1) is 8.16. The second-order valence-electron chi connectivity index (χ2n) is 3.58. The van der Waals surface area contributed by atoms with Gasteiger partial charge in [0.15, 0.2) is 0 Å². The summed E-state index contributed by atoms with van der Waals surface area (Å²) in [5, 5.41) is 6.40. The largest absolute Gasteiger partial charge is 0.397 e. The highest BCUT2D eigenvalue weighted by Gasteiger charge is 2.10. The van der Waals surface area contributed by atoms with Gasteiger partial charge in [0.05, 0.1) is 29.7 Å². The topological polar surface area (TPSA) is 94.0 Å². The van der Waals surface area contributed by atoms with Crippen LogP contribution >= 0.6 is 0 Å². The van der Waals surface area contributed by atoms with E-state index in [-0.39, 0.29) is 5.91 Å². The molecule has 0 aliphatic rings. The molecule has 88 valence electrons. The molecular weight excluding hydrogens is 220 g/mol. The van der Waals surface area contributed by atoms with Gasteiger partial charge in [-0.25, -0.2) is 0 Å². The summed E-state index contributed by atoms with van der Waals surface area (Å²) in [4.78, 5) is 15.9. The molecule has 0 fully saturated rings. The van der Waals surface area contributed by atoms with Gasteiger partial charge in [-0.2, -0.15) is 0 Å². The first kappa shape index (κ1) is 11.1. The van der Waals surface area contributed by atoms with E-state index in [0.717, 1.165) is 0 Å². The van der Waals surface area contributed by atoms with Crippen LogP contribution in [0.25, 0.3) is 0 Å². The summed E-state index contributed by atoms with van der Waals surface area (Å²) in [7, 11) is 0. The maximum absolute atomic E-state index is 11.8. The van der Waals surface area contributed by atoms with Crippen LogP contribution in [0.5, 0.6) is 0 Å². The average molecular weight is 232 g/mol. The zero-order chi connectivity index (χ0) is 12.3. The summed E-state index contributed by atoms with van der Waals surface area (Å²) in [6.45, 7) is 2.06. The SMILES string of the molecule is Cc1ncc(N)cc1C(=O)NCc1ccon1. The highest BCUT2D eigenvalue weighted by atomic mass is 16.5. The number of carbonyl (C=O) groups excluding carboxylic acids is 1. The van der Waals surface area contributed by atoms with Gasteiger partial charge in [0.2, 0.25) is 0 Å². The Kier molecular flexibility index (Phi) is 3.04. The molecule has 2 aromatic rings. The maximum Gasteiger partial charge on any atom is 0.253 e. The predicted octanol–water partition coefficient (Wildman–Crippen LogP) is 0.890. The molecule has 0 aliphatic carbocycles. The number of nitrogen functional groups attached to an aromatic ring is 1.